The number of nitriles is 1. The highest BCUT2D eigenvalue weighted by Crippen LogP contribution is 2.25. The molecule has 3 N–H and O–H groups in total. The maximum atomic E-state index is 12.5. The van der Waals surface area contributed by atoms with Crippen LogP contribution in [-0.2, 0) is 4.79 Å². The molecule has 0 radical (unpaired) electrons. The number of Topliss-reactive ketones (excluding diaryl/α,β-unsaturated/α-hetero) is 1. The van der Waals surface area contributed by atoms with Crippen molar-refractivity contribution in [1.29, 1.82) is 5.26 Å². The summed E-state index contributed by atoms with van der Waals surface area (Å²) in [5, 5.41) is 23.6. The molecule has 0 saturated carbocycles. The van der Waals surface area contributed by atoms with Crippen LogP contribution in [0.1, 0.15) is 17.4 Å². The number of amides is 1. The van der Waals surface area contributed by atoms with Crippen LogP contribution in [0.2, 0.25) is 0 Å². The molecule has 0 unspecified atom stereocenters. The second kappa shape index (κ2) is 7.15. The van der Waals surface area contributed by atoms with Gasteiger partial charge in [-0.05, 0) is 30.3 Å². The van der Waals surface area contributed by atoms with E-state index in [1.165, 1.54) is 6.92 Å². The van der Waals surface area contributed by atoms with Crippen LogP contribution in [0.25, 0.3) is 5.69 Å². The van der Waals surface area contributed by atoms with Crippen LogP contribution in [0.5, 0.6) is 0 Å². The van der Waals surface area contributed by atoms with E-state index in [4.69, 9.17) is 10.4 Å². The molecule has 0 aliphatic rings. The van der Waals surface area contributed by atoms with Crippen LogP contribution in [0.4, 0.5) is 11.4 Å². The van der Waals surface area contributed by atoms with Crippen LogP contribution in [0.3, 0.4) is 0 Å². The minimum Gasteiger partial charge on any atom is -0.514 e. The summed E-state index contributed by atoms with van der Waals surface area (Å²) in [5.74, 6) is -0.774. The number of carbonyl (C=O) groups is 2. The topological polar surface area (TPSA) is 107 Å². The Balaban J connectivity index is 2.48. The minimum absolute atomic E-state index is 0.177. The van der Waals surface area contributed by atoms with Gasteiger partial charge in [0, 0.05) is 31.5 Å². The molecular formula is C17H16N4O3. The molecule has 2 aromatic rings. The average molecular weight is 324 g/mol. The lowest BCUT2D eigenvalue weighted by Gasteiger charge is -2.11. The average Bonchev–Trinajstić information content (AvgIpc) is 3.00. The molecule has 0 spiro atoms. The van der Waals surface area contributed by atoms with Gasteiger partial charge >= 0.3 is 0 Å². The molecule has 7 heteroatoms. The van der Waals surface area contributed by atoms with E-state index in [2.05, 4.69) is 10.6 Å². The van der Waals surface area contributed by atoms with Gasteiger partial charge in [-0.3, -0.25) is 9.59 Å². The van der Waals surface area contributed by atoms with E-state index in [1.807, 2.05) is 0 Å². The van der Waals surface area contributed by atoms with Crippen LogP contribution in [-0.4, -0.2) is 28.4 Å². The standard InChI is InChI=1S/C17H16N4O3/c1-11(23)20-13-3-5-14(6-4-13)21-8-7-15(19-2)16(21)17(24)12(9-18)10-22/h3-8,10,19,22H,1-2H3,(H,20,23). The molecular weight excluding hydrogens is 308 g/mol. The van der Waals surface area contributed by atoms with E-state index in [-0.39, 0.29) is 17.2 Å². The molecule has 0 aliphatic carbocycles. The fourth-order valence-electron chi connectivity index (χ4n) is 2.26. The van der Waals surface area contributed by atoms with Crippen LogP contribution in [0, 0.1) is 11.3 Å². The summed E-state index contributed by atoms with van der Waals surface area (Å²) >= 11 is 0. The molecule has 1 aromatic carbocycles. The predicted octanol–water partition coefficient (Wildman–Crippen LogP) is 2.63. The molecule has 7 nitrogen and oxygen atoms in total. The number of benzene rings is 1. The molecule has 0 aliphatic heterocycles. The Morgan fingerprint density at radius 1 is 1.25 bits per heavy atom. The minimum atomic E-state index is -0.597. The van der Waals surface area contributed by atoms with E-state index < -0.39 is 5.78 Å². The number of nitrogens with one attached hydrogen (secondary N) is 2. The third kappa shape index (κ3) is 3.28. The molecule has 0 fully saturated rings. The zero-order valence-corrected chi connectivity index (χ0v) is 13.2. The zero-order chi connectivity index (χ0) is 17.7. The normalized spacial score (nSPS) is 10.8. The van der Waals surface area contributed by atoms with Crippen molar-refractivity contribution < 1.29 is 14.7 Å². The van der Waals surface area contributed by atoms with Gasteiger partial charge in [0.15, 0.2) is 0 Å². The first-order valence-corrected chi connectivity index (χ1v) is 7.08. The van der Waals surface area contributed by atoms with Crippen molar-refractivity contribution in [3.8, 4) is 11.8 Å². The van der Waals surface area contributed by atoms with Crippen molar-refractivity contribution in [1.82, 2.24) is 4.57 Å². The number of hydrogen-bond donors (Lipinski definition) is 3. The summed E-state index contributed by atoms with van der Waals surface area (Å²) < 4.78 is 1.60. The molecule has 1 aromatic heterocycles. The third-order valence-corrected chi connectivity index (χ3v) is 3.33. The highest BCUT2D eigenvalue weighted by atomic mass is 16.2. The number of allylic oxidation sites excluding steroid dienone is 1. The van der Waals surface area contributed by atoms with Crippen LogP contribution < -0.4 is 10.6 Å². The fraction of sp³-hybridized carbons (Fsp3) is 0.118. The molecule has 122 valence electrons. The van der Waals surface area contributed by atoms with Crippen LogP contribution >= 0.6 is 0 Å². The quantitative estimate of drug-likeness (QED) is 0.339. The van der Waals surface area contributed by atoms with Gasteiger partial charge in [0.05, 0.1) is 5.69 Å². The number of anilines is 2. The fourth-order valence-corrected chi connectivity index (χ4v) is 2.26. The Bertz CT molecular complexity index is 842. The highest BCUT2D eigenvalue weighted by molar-refractivity contribution is 6.13. The number of ketones is 1. The largest absolute Gasteiger partial charge is 0.514 e. The van der Waals surface area contributed by atoms with Crippen molar-refractivity contribution in [2.24, 2.45) is 0 Å². The van der Waals surface area contributed by atoms with Crippen molar-refractivity contribution in [3.05, 3.63) is 54.1 Å². The van der Waals surface area contributed by atoms with E-state index in [9.17, 15) is 9.59 Å². The van der Waals surface area contributed by atoms with Crippen molar-refractivity contribution in [2.45, 2.75) is 6.92 Å². The van der Waals surface area contributed by atoms with Crippen molar-refractivity contribution >= 4 is 23.1 Å². The first-order valence-electron chi connectivity index (χ1n) is 7.08. The van der Waals surface area contributed by atoms with Gasteiger partial charge < -0.3 is 20.3 Å². The Hall–Kier alpha value is -3.53. The van der Waals surface area contributed by atoms with E-state index in [0.29, 0.717) is 23.3 Å². The summed E-state index contributed by atoms with van der Waals surface area (Å²) in [7, 11) is 1.66. The summed E-state index contributed by atoms with van der Waals surface area (Å²) in [6.45, 7) is 1.42. The lowest BCUT2D eigenvalue weighted by Crippen LogP contribution is -2.11. The first-order chi connectivity index (χ1) is 11.5. The van der Waals surface area contributed by atoms with E-state index in [0.717, 1.165) is 0 Å². The molecule has 1 heterocycles. The molecule has 2 rings (SSSR count). The SMILES string of the molecule is CNc1ccn(-c2ccc(NC(C)=O)cc2)c1C(=O)C(C#N)=CO. The number of aromatic nitrogens is 1. The number of aliphatic hydroxyl groups excluding tert-OH is 1. The number of aliphatic hydroxyl groups is 1. The Kier molecular flexibility index (Phi) is 5.02. The lowest BCUT2D eigenvalue weighted by atomic mass is 10.1. The predicted molar refractivity (Wildman–Crippen MR) is 90.3 cm³/mol. The second-order valence-corrected chi connectivity index (χ2v) is 4.91. The van der Waals surface area contributed by atoms with Gasteiger partial charge in [-0.2, -0.15) is 5.26 Å². The van der Waals surface area contributed by atoms with Crippen molar-refractivity contribution in [3.63, 3.8) is 0 Å². The summed E-state index contributed by atoms with van der Waals surface area (Å²) in [6.07, 6.45) is 2.18. The number of carbonyl (C=O) groups excluding carboxylic acids is 2. The maximum Gasteiger partial charge on any atom is 0.225 e. The van der Waals surface area contributed by atoms with E-state index in [1.54, 1.807) is 54.2 Å². The number of rotatable bonds is 5. The lowest BCUT2D eigenvalue weighted by molar-refractivity contribution is -0.114. The Labute approximate surface area is 138 Å². The Morgan fingerprint density at radius 3 is 2.42 bits per heavy atom. The smallest absolute Gasteiger partial charge is 0.225 e. The van der Waals surface area contributed by atoms with Gasteiger partial charge in [-0.25, -0.2) is 0 Å². The molecule has 0 atom stereocenters. The second-order valence-electron chi connectivity index (χ2n) is 4.91. The summed E-state index contributed by atoms with van der Waals surface area (Å²) in [5.41, 5.74) is 1.70. The number of hydrogen-bond acceptors (Lipinski definition) is 5. The number of nitrogens with zero attached hydrogens (tertiary/aromatic N) is 2. The van der Waals surface area contributed by atoms with Gasteiger partial charge in [0.1, 0.15) is 23.6 Å². The Morgan fingerprint density at radius 2 is 1.92 bits per heavy atom. The van der Waals surface area contributed by atoms with Gasteiger partial charge in [-0.15, -0.1) is 0 Å². The van der Waals surface area contributed by atoms with Gasteiger partial charge in [0.2, 0.25) is 11.7 Å². The van der Waals surface area contributed by atoms with Crippen LogP contribution in [0.15, 0.2) is 48.4 Å². The summed E-state index contributed by atoms with van der Waals surface area (Å²) in [4.78, 5) is 23.6. The molecule has 24 heavy (non-hydrogen) atoms. The summed E-state index contributed by atoms with van der Waals surface area (Å²) in [6, 6.07) is 10.2. The molecule has 0 bridgehead atoms. The van der Waals surface area contributed by atoms with Gasteiger partial charge in [0.25, 0.3) is 0 Å². The molecule has 1 amide bonds. The zero-order valence-electron chi connectivity index (χ0n) is 13.2. The molecule has 0 saturated heterocycles. The van der Waals surface area contributed by atoms with E-state index >= 15 is 0 Å². The third-order valence-electron chi connectivity index (χ3n) is 3.33. The van der Waals surface area contributed by atoms with Crippen molar-refractivity contribution in [2.75, 3.05) is 17.7 Å². The highest BCUT2D eigenvalue weighted by Gasteiger charge is 2.21. The monoisotopic (exact) mass is 324 g/mol. The first kappa shape index (κ1) is 16.8. The van der Waals surface area contributed by atoms with Gasteiger partial charge in [-0.1, -0.05) is 0 Å². The maximum absolute atomic E-state index is 12.5.